The lowest BCUT2D eigenvalue weighted by Gasteiger charge is -2.40. The Kier molecular flexibility index (Phi) is 4.09. The Bertz CT molecular complexity index is 470. The van der Waals surface area contributed by atoms with E-state index in [1.54, 1.807) is 0 Å². The maximum Gasteiger partial charge on any atom is 0.0772 e. The Balaban J connectivity index is 1.70. The van der Waals surface area contributed by atoms with Crippen molar-refractivity contribution in [2.45, 2.75) is 51.6 Å². The van der Waals surface area contributed by atoms with Crippen LogP contribution in [0.15, 0.2) is 22.7 Å². The van der Waals surface area contributed by atoms with E-state index < -0.39 is 6.10 Å². The fraction of sp³-hybridized carbons (Fsp3) is 0.647. The van der Waals surface area contributed by atoms with Gasteiger partial charge in [-0.1, -0.05) is 34.8 Å². The molecule has 1 N–H and O–H groups in total. The van der Waals surface area contributed by atoms with Gasteiger partial charge in [0.1, 0.15) is 0 Å². The molecule has 1 heterocycles. The summed E-state index contributed by atoms with van der Waals surface area (Å²) in [7, 11) is 0. The van der Waals surface area contributed by atoms with Crippen molar-refractivity contribution in [2.24, 2.45) is 5.41 Å². The molecule has 20 heavy (non-hydrogen) atoms. The summed E-state index contributed by atoms with van der Waals surface area (Å²) in [5.41, 5.74) is 2.93. The number of aliphatic hydroxyl groups is 1. The molecule has 0 radical (unpaired) electrons. The molecule has 2 nitrogen and oxygen atoms in total. The second-order valence-electron chi connectivity index (χ2n) is 6.58. The average Bonchev–Trinajstić information content (AvgIpc) is 2.87. The molecule has 1 aliphatic carbocycles. The van der Waals surface area contributed by atoms with Crippen molar-refractivity contribution in [1.82, 2.24) is 0 Å². The second kappa shape index (κ2) is 5.69. The SMILES string of the molecule is CC(O)c1ccc(N2CCC3(CCCC3)CC2)cc1Br. The van der Waals surface area contributed by atoms with Crippen LogP contribution in [-0.2, 0) is 0 Å². The molecule has 1 aromatic rings. The zero-order valence-electron chi connectivity index (χ0n) is 12.2. The lowest BCUT2D eigenvalue weighted by molar-refractivity contribution is 0.198. The summed E-state index contributed by atoms with van der Waals surface area (Å²) >= 11 is 3.59. The Hall–Kier alpha value is -0.540. The smallest absolute Gasteiger partial charge is 0.0772 e. The molecule has 2 fully saturated rings. The number of hydrogen-bond donors (Lipinski definition) is 1. The van der Waals surface area contributed by atoms with E-state index >= 15 is 0 Å². The monoisotopic (exact) mass is 337 g/mol. The zero-order valence-corrected chi connectivity index (χ0v) is 13.8. The largest absolute Gasteiger partial charge is 0.389 e. The van der Waals surface area contributed by atoms with Gasteiger partial charge in [0.05, 0.1) is 6.10 Å². The van der Waals surface area contributed by atoms with E-state index in [0.717, 1.165) is 10.0 Å². The quantitative estimate of drug-likeness (QED) is 0.848. The molecule has 1 saturated heterocycles. The van der Waals surface area contributed by atoms with Gasteiger partial charge >= 0.3 is 0 Å². The molecule has 1 spiro atoms. The average molecular weight is 338 g/mol. The third-order valence-electron chi connectivity index (χ3n) is 5.29. The van der Waals surface area contributed by atoms with Crippen LogP contribution >= 0.6 is 15.9 Å². The molecule has 2 aliphatic rings. The number of halogens is 1. The van der Waals surface area contributed by atoms with Crippen LogP contribution in [0.1, 0.15) is 57.1 Å². The minimum Gasteiger partial charge on any atom is -0.389 e. The summed E-state index contributed by atoms with van der Waals surface area (Å²) in [6.45, 7) is 4.17. The summed E-state index contributed by atoms with van der Waals surface area (Å²) in [5, 5.41) is 9.70. The van der Waals surface area contributed by atoms with Crippen LogP contribution in [0.2, 0.25) is 0 Å². The minimum atomic E-state index is -0.415. The van der Waals surface area contributed by atoms with Crippen molar-refractivity contribution in [3.8, 4) is 0 Å². The van der Waals surface area contributed by atoms with Crippen molar-refractivity contribution in [2.75, 3.05) is 18.0 Å². The van der Waals surface area contributed by atoms with Gasteiger partial charge in [0.2, 0.25) is 0 Å². The molecule has 1 aromatic carbocycles. The van der Waals surface area contributed by atoms with Crippen LogP contribution < -0.4 is 4.90 Å². The molecule has 3 heteroatoms. The molecular weight excluding hydrogens is 314 g/mol. The first-order valence-corrected chi connectivity index (χ1v) is 8.61. The number of anilines is 1. The van der Waals surface area contributed by atoms with Crippen molar-refractivity contribution < 1.29 is 5.11 Å². The lowest BCUT2D eigenvalue weighted by Crippen LogP contribution is -2.38. The third-order valence-corrected chi connectivity index (χ3v) is 5.97. The van der Waals surface area contributed by atoms with E-state index in [2.05, 4.69) is 33.0 Å². The summed E-state index contributed by atoms with van der Waals surface area (Å²) < 4.78 is 1.02. The summed E-state index contributed by atoms with van der Waals surface area (Å²) in [5.74, 6) is 0. The fourth-order valence-electron chi connectivity index (χ4n) is 3.92. The number of rotatable bonds is 2. The molecule has 1 atom stereocenters. The molecule has 0 aromatic heterocycles. The molecule has 0 amide bonds. The van der Waals surface area contributed by atoms with E-state index in [9.17, 15) is 5.11 Å². The zero-order chi connectivity index (χ0) is 14.2. The molecule has 110 valence electrons. The fourth-order valence-corrected chi connectivity index (χ4v) is 4.61. The molecule has 1 unspecified atom stereocenters. The first-order chi connectivity index (χ1) is 9.60. The number of aliphatic hydroxyl groups excluding tert-OH is 1. The van der Waals surface area contributed by atoms with E-state index in [4.69, 9.17) is 0 Å². The van der Waals surface area contributed by atoms with E-state index in [1.165, 1.54) is 57.3 Å². The van der Waals surface area contributed by atoms with Crippen LogP contribution in [-0.4, -0.2) is 18.2 Å². The number of nitrogens with zero attached hydrogens (tertiary/aromatic N) is 1. The minimum absolute atomic E-state index is 0.415. The first kappa shape index (κ1) is 14.4. The van der Waals surface area contributed by atoms with Gasteiger partial charge in [0.25, 0.3) is 0 Å². The number of hydrogen-bond acceptors (Lipinski definition) is 2. The summed E-state index contributed by atoms with van der Waals surface area (Å²) in [4.78, 5) is 2.50. The molecule has 1 saturated carbocycles. The first-order valence-electron chi connectivity index (χ1n) is 7.82. The highest BCUT2D eigenvalue weighted by atomic mass is 79.9. The predicted octanol–water partition coefficient (Wildman–Crippen LogP) is 4.66. The van der Waals surface area contributed by atoms with E-state index in [-0.39, 0.29) is 0 Å². The number of benzene rings is 1. The maximum absolute atomic E-state index is 9.70. The Morgan fingerprint density at radius 2 is 1.80 bits per heavy atom. The topological polar surface area (TPSA) is 23.5 Å². The Labute approximate surface area is 130 Å². The van der Waals surface area contributed by atoms with E-state index in [0.29, 0.717) is 5.41 Å². The highest BCUT2D eigenvalue weighted by molar-refractivity contribution is 9.10. The third kappa shape index (κ3) is 2.75. The standard InChI is InChI=1S/C17H24BrNO/c1-13(20)15-5-4-14(12-16(15)18)19-10-8-17(9-11-19)6-2-3-7-17/h4-5,12-13,20H,2-3,6-11H2,1H3. The van der Waals surface area contributed by atoms with E-state index in [1.807, 2.05) is 13.0 Å². The van der Waals surface area contributed by atoms with Crippen LogP contribution in [0, 0.1) is 5.41 Å². The van der Waals surface area contributed by atoms with Gasteiger partial charge in [-0.05, 0) is 55.7 Å². The summed E-state index contributed by atoms with van der Waals surface area (Å²) in [6.07, 6.45) is 8.06. The molecule has 0 bridgehead atoms. The van der Waals surface area contributed by atoms with Gasteiger partial charge in [-0.25, -0.2) is 0 Å². The van der Waals surface area contributed by atoms with Crippen LogP contribution in [0.4, 0.5) is 5.69 Å². The van der Waals surface area contributed by atoms with Gasteiger partial charge in [-0.15, -0.1) is 0 Å². The Morgan fingerprint density at radius 1 is 1.15 bits per heavy atom. The molecule has 3 rings (SSSR count). The predicted molar refractivity (Wildman–Crippen MR) is 87.1 cm³/mol. The van der Waals surface area contributed by atoms with Gasteiger partial charge in [0, 0.05) is 23.2 Å². The number of piperidine rings is 1. The molecular formula is C17H24BrNO. The lowest BCUT2D eigenvalue weighted by atomic mass is 9.77. The molecule has 1 aliphatic heterocycles. The van der Waals surface area contributed by atoms with Crippen LogP contribution in [0.5, 0.6) is 0 Å². The van der Waals surface area contributed by atoms with Crippen molar-refractivity contribution in [1.29, 1.82) is 0 Å². The van der Waals surface area contributed by atoms with Gasteiger partial charge in [-0.3, -0.25) is 0 Å². The Morgan fingerprint density at radius 3 is 2.35 bits per heavy atom. The van der Waals surface area contributed by atoms with Crippen molar-refractivity contribution in [3.05, 3.63) is 28.2 Å². The van der Waals surface area contributed by atoms with Gasteiger partial charge < -0.3 is 10.0 Å². The summed E-state index contributed by atoms with van der Waals surface area (Å²) in [6, 6.07) is 6.36. The maximum atomic E-state index is 9.70. The van der Waals surface area contributed by atoms with Crippen LogP contribution in [0.3, 0.4) is 0 Å². The van der Waals surface area contributed by atoms with Crippen molar-refractivity contribution in [3.63, 3.8) is 0 Å². The van der Waals surface area contributed by atoms with Gasteiger partial charge in [-0.2, -0.15) is 0 Å². The highest BCUT2D eigenvalue weighted by Crippen LogP contribution is 2.46. The van der Waals surface area contributed by atoms with Crippen LogP contribution in [0.25, 0.3) is 0 Å². The highest BCUT2D eigenvalue weighted by Gasteiger charge is 2.36. The van der Waals surface area contributed by atoms with Crippen molar-refractivity contribution >= 4 is 21.6 Å². The normalized spacial score (nSPS) is 23.2. The second-order valence-corrected chi connectivity index (χ2v) is 7.43. The van der Waals surface area contributed by atoms with Gasteiger partial charge in [0.15, 0.2) is 0 Å².